The Kier molecular flexibility index (Phi) is 47.5. The molecule has 0 spiro atoms. The third kappa shape index (κ3) is 72.2. The lowest BCUT2D eigenvalue weighted by Crippen LogP contribution is -2.12. The number of hydrogen-bond donors (Lipinski definition) is 6. The smallest absolute Gasteiger partial charge is 0.303 e. The van der Waals surface area contributed by atoms with Crippen LogP contribution in [0, 0.1) is 41.4 Å². The highest BCUT2D eigenvalue weighted by molar-refractivity contribution is 5.74. The van der Waals surface area contributed by atoms with Crippen LogP contribution in [0.15, 0.2) is 54.6 Å². The quantitative estimate of drug-likeness (QED) is 0.0795. The molecule has 0 saturated carbocycles. The minimum absolute atomic E-state index is 0.196. The van der Waals surface area contributed by atoms with Crippen molar-refractivity contribution in [3.63, 3.8) is 0 Å². The maximum Gasteiger partial charge on any atom is 0.303 e. The first kappa shape index (κ1) is 64.2. The van der Waals surface area contributed by atoms with E-state index < -0.39 is 11.9 Å². The van der Waals surface area contributed by atoms with Gasteiger partial charge in [-0.1, -0.05) is 152 Å². The van der Waals surface area contributed by atoms with Gasteiger partial charge in [0.1, 0.15) is 5.75 Å². The van der Waals surface area contributed by atoms with Gasteiger partial charge in [-0.2, -0.15) is 0 Å². The van der Waals surface area contributed by atoms with E-state index in [0.29, 0.717) is 48.7 Å². The highest BCUT2D eigenvalue weighted by Gasteiger charge is 2.00. The van der Waals surface area contributed by atoms with Crippen LogP contribution in [-0.4, -0.2) is 45.6 Å². The van der Waals surface area contributed by atoms with Gasteiger partial charge in [0, 0.05) is 25.7 Å². The van der Waals surface area contributed by atoms with E-state index >= 15 is 0 Å². The summed E-state index contributed by atoms with van der Waals surface area (Å²) >= 11 is 0. The predicted molar refractivity (Wildman–Crippen MR) is 250 cm³/mol. The molecule has 0 unspecified atom stereocenters. The molecule has 2 amide bonds. The Hall–Kier alpha value is -3.92. The van der Waals surface area contributed by atoms with E-state index in [1.165, 1.54) is 36.8 Å². The molecule has 0 aliphatic rings. The fraction of sp³-hybridized carbons (Fsp3) is 0.673. The number of rotatable bonds is 18. The molecule has 0 heterocycles. The number of phenols is 1. The van der Waals surface area contributed by atoms with E-state index in [9.17, 15) is 19.2 Å². The monoisotopic (exact) mass is 834 g/mol. The second-order valence-electron chi connectivity index (χ2n) is 17.8. The van der Waals surface area contributed by atoms with Crippen LogP contribution in [-0.2, 0) is 32.0 Å². The molecule has 2 rings (SSSR count). The molecule has 0 aliphatic carbocycles. The zero-order chi connectivity index (χ0) is 46.9. The molecule has 2 aromatic rings. The Morgan fingerprint density at radius 3 is 1.12 bits per heavy atom. The SMILES string of the molecule is CC(C)CC(=O)O.CC(C)CC(N)=O.CC(C)CCC(=O)O.CC(C)CCC(N)=O.CC(C)CCCCN.CC(C)Cc1ccc(O)cc1.CC(C)Cc1ccccc1. The van der Waals surface area contributed by atoms with Crippen molar-refractivity contribution >= 4 is 23.8 Å². The first-order valence-electron chi connectivity index (χ1n) is 21.8. The van der Waals surface area contributed by atoms with Crippen molar-refractivity contribution in [1.29, 1.82) is 0 Å². The summed E-state index contributed by atoms with van der Waals surface area (Å²) in [5.74, 6) is 2.59. The lowest BCUT2D eigenvalue weighted by Gasteiger charge is -2.03. The summed E-state index contributed by atoms with van der Waals surface area (Å²) in [6.45, 7) is 30.1. The van der Waals surface area contributed by atoms with Gasteiger partial charge in [-0.05, 0) is 103 Å². The second-order valence-corrected chi connectivity index (χ2v) is 17.8. The Balaban J connectivity index is -0.000000194. The third-order valence-corrected chi connectivity index (χ3v) is 7.40. The van der Waals surface area contributed by atoms with Crippen molar-refractivity contribution in [2.75, 3.05) is 6.54 Å². The molecular formula is C49H91N3O7. The molecule has 0 radical (unpaired) electrons. The van der Waals surface area contributed by atoms with E-state index in [-0.39, 0.29) is 24.2 Å². The molecule has 0 saturated heterocycles. The van der Waals surface area contributed by atoms with Gasteiger partial charge in [-0.3, -0.25) is 19.2 Å². The number of phenolic OH excluding ortho intramolecular Hbond substituents is 1. The second kappa shape index (κ2) is 43.7. The molecule has 0 aliphatic heterocycles. The largest absolute Gasteiger partial charge is 0.508 e. The van der Waals surface area contributed by atoms with Crippen molar-refractivity contribution in [1.82, 2.24) is 0 Å². The van der Waals surface area contributed by atoms with Crippen molar-refractivity contribution in [2.24, 2.45) is 58.6 Å². The average Bonchev–Trinajstić information content (AvgIpc) is 3.08. The maximum atomic E-state index is 10.1. The summed E-state index contributed by atoms with van der Waals surface area (Å²) in [5, 5.41) is 25.2. The summed E-state index contributed by atoms with van der Waals surface area (Å²) in [6.07, 6.45) is 9.41. The molecule has 10 nitrogen and oxygen atoms in total. The molecule has 9 N–H and O–H groups in total. The molecule has 10 heteroatoms. The van der Waals surface area contributed by atoms with Crippen LogP contribution in [0.4, 0.5) is 0 Å². The number of carboxylic acids is 2. The van der Waals surface area contributed by atoms with Crippen LogP contribution < -0.4 is 17.2 Å². The maximum absolute atomic E-state index is 10.1. The van der Waals surface area contributed by atoms with Gasteiger partial charge in [-0.25, -0.2) is 0 Å². The number of unbranched alkanes of at least 4 members (excludes halogenated alkanes) is 1. The minimum atomic E-state index is -0.713. The van der Waals surface area contributed by atoms with Crippen molar-refractivity contribution in [2.45, 2.75) is 168 Å². The van der Waals surface area contributed by atoms with E-state index in [4.69, 9.17) is 32.5 Å². The van der Waals surface area contributed by atoms with Gasteiger partial charge < -0.3 is 32.5 Å². The summed E-state index contributed by atoms with van der Waals surface area (Å²) in [7, 11) is 0. The van der Waals surface area contributed by atoms with E-state index in [2.05, 4.69) is 85.7 Å². The van der Waals surface area contributed by atoms with Gasteiger partial charge >= 0.3 is 11.9 Å². The number of carboxylic acid groups (broad SMARTS) is 2. The molecule has 59 heavy (non-hydrogen) atoms. The number of benzene rings is 2. The number of amides is 2. The van der Waals surface area contributed by atoms with E-state index in [1.54, 1.807) is 12.1 Å². The zero-order valence-electron chi connectivity index (χ0n) is 39.9. The lowest BCUT2D eigenvalue weighted by molar-refractivity contribution is -0.138. The molecule has 2 aromatic carbocycles. The van der Waals surface area contributed by atoms with Gasteiger partial charge in [-0.15, -0.1) is 0 Å². The molecule has 0 atom stereocenters. The van der Waals surface area contributed by atoms with Crippen molar-refractivity contribution in [3.8, 4) is 5.75 Å². The standard InChI is InChI=1S/C10H14O.C10H14.C7H17N.C6H13NO.C6H12O2.C5H11NO.C5H10O2/c1-8(2)7-9-3-5-10(11)6-4-9;1-9(2)8-10-6-4-3-5-7-10;1-7(2)5-3-4-6-8;2*1-5(2)3-4-6(7)8;2*1-4(2)3-5(6)7/h3-6,8,11H,7H2,1-2H3;3-7,9H,8H2,1-2H3;7H,3-6,8H2,1-2H3;5H,3-4H2,1-2H3,(H2,7,8);5H,3-4H2,1-2H3,(H,7,8);4H,3H2,1-2H3,(H2,6,7);4H,3H2,1-2H3,(H,6,7). The third-order valence-electron chi connectivity index (χ3n) is 7.40. The first-order valence-corrected chi connectivity index (χ1v) is 21.8. The molecule has 0 fully saturated rings. The van der Waals surface area contributed by atoms with E-state index in [0.717, 1.165) is 37.6 Å². The van der Waals surface area contributed by atoms with Gasteiger partial charge in [0.15, 0.2) is 0 Å². The van der Waals surface area contributed by atoms with Crippen LogP contribution in [0.25, 0.3) is 0 Å². The summed E-state index contributed by atoms with van der Waals surface area (Å²) in [4.78, 5) is 39.9. The van der Waals surface area contributed by atoms with Crippen LogP contribution in [0.3, 0.4) is 0 Å². The summed E-state index contributed by atoms with van der Waals surface area (Å²) in [6, 6.07) is 18.0. The first-order chi connectivity index (χ1) is 27.2. The zero-order valence-corrected chi connectivity index (χ0v) is 39.9. The number of carbonyl (C=O) groups is 4. The Morgan fingerprint density at radius 2 is 0.881 bits per heavy atom. The van der Waals surface area contributed by atoms with Crippen LogP contribution in [0.5, 0.6) is 5.75 Å². The Morgan fingerprint density at radius 1 is 0.475 bits per heavy atom. The van der Waals surface area contributed by atoms with Gasteiger partial charge in [0.2, 0.25) is 11.8 Å². The lowest BCUT2D eigenvalue weighted by atomic mass is 10.0. The molecule has 0 aromatic heterocycles. The summed E-state index contributed by atoms with van der Waals surface area (Å²) in [5.41, 5.74) is 17.8. The number of primary amides is 2. The number of carbonyl (C=O) groups excluding carboxylic acids is 2. The topological polar surface area (TPSA) is 207 Å². The van der Waals surface area contributed by atoms with E-state index in [1.807, 2.05) is 53.7 Å². The van der Waals surface area contributed by atoms with Crippen molar-refractivity contribution in [3.05, 3.63) is 65.7 Å². The number of nitrogens with two attached hydrogens (primary N) is 3. The highest BCUT2D eigenvalue weighted by Crippen LogP contribution is 2.13. The van der Waals surface area contributed by atoms with Crippen LogP contribution in [0.2, 0.25) is 0 Å². The summed E-state index contributed by atoms with van der Waals surface area (Å²) < 4.78 is 0. The van der Waals surface area contributed by atoms with Crippen molar-refractivity contribution < 1.29 is 34.5 Å². The molecule has 0 bridgehead atoms. The molecular weight excluding hydrogens is 743 g/mol. The van der Waals surface area contributed by atoms with Gasteiger partial charge in [0.05, 0.1) is 0 Å². The predicted octanol–water partition coefficient (Wildman–Crippen LogP) is 11.3. The highest BCUT2D eigenvalue weighted by atomic mass is 16.4. The van der Waals surface area contributed by atoms with Crippen LogP contribution in [0.1, 0.15) is 166 Å². The average molecular weight is 834 g/mol. The Labute approximate surface area is 361 Å². The fourth-order valence-corrected chi connectivity index (χ4v) is 4.48. The number of hydrogen-bond acceptors (Lipinski definition) is 6. The molecule has 344 valence electrons. The Bertz CT molecular complexity index is 1200. The minimum Gasteiger partial charge on any atom is -0.508 e. The fourth-order valence-electron chi connectivity index (χ4n) is 4.48. The van der Waals surface area contributed by atoms with Crippen LogP contribution >= 0.6 is 0 Å². The number of aromatic hydroxyl groups is 1. The normalized spacial score (nSPS) is 10.1. The number of aliphatic carboxylic acids is 2. The van der Waals surface area contributed by atoms with Gasteiger partial charge in [0.25, 0.3) is 0 Å².